The molecule has 0 unspecified atom stereocenters. The van der Waals surface area contributed by atoms with Crippen molar-refractivity contribution in [1.29, 1.82) is 0 Å². The third-order valence-electron chi connectivity index (χ3n) is 2.99. The number of aromatic nitrogens is 2. The lowest BCUT2D eigenvalue weighted by atomic mass is 10.2. The van der Waals surface area contributed by atoms with E-state index in [1.165, 1.54) is 0 Å². The van der Waals surface area contributed by atoms with E-state index in [9.17, 15) is 0 Å². The molecule has 1 N–H and O–H groups in total. The summed E-state index contributed by atoms with van der Waals surface area (Å²) in [6.07, 6.45) is 3.40. The largest absolute Gasteiger partial charge is 0.492 e. The number of imidazole rings is 1. The van der Waals surface area contributed by atoms with Gasteiger partial charge in [0.15, 0.2) is 4.77 Å². The summed E-state index contributed by atoms with van der Waals surface area (Å²) in [6.45, 7) is 3.29. The molecule has 3 aromatic rings. The van der Waals surface area contributed by atoms with Crippen LogP contribution in [0.25, 0.3) is 11.0 Å². The highest BCUT2D eigenvalue weighted by atomic mass is 32.1. The summed E-state index contributed by atoms with van der Waals surface area (Å²) in [5.41, 5.74) is 3.06. The summed E-state index contributed by atoms with van der Waals surface area (Å²) >= 11 is 5.39. The number of fused-ring (bicyclic) bond motifs is 1. The molecule has 0 aliphatic rings. The number of benzene rings is 1. The molecule has 0 atom stereocenters. The number of H-pyrrole nitrogens is 1. The lowest BCUT2D eigenvalue weighted by Gasteiger charge is -2.05. The Hall–Kier alpha value is -2.01. The summed E-state index contributed by atoms with van der Waals surface area (Å²) in [7, 11) is 0. The number of ether oxygens (including phenoxy) is 1. The minimum absolute atomic E-state index is 0.632. The van der Waals surface area contributed by atoms with Crippen molar-refractivity contribution in [1.82, 2.24) is 9.55 Å². The molecule has 3 rings (SSSR count). The van der Waals surface area contributed by atoms with E-state index in [2.05, 4.69) is 4.98 Å². The molecule has 0 amide bonds. The first kappa shape index (κ1) is 12.0. The van der Waals surface area contributed by atoms with Crippen molar-refractivity contribution in [2.24, 2.45) is 0 Å². The van der Waals surface area contributed by atoms with Gasteiger partial charge in [-0.25, -0.2) is 0 Å². The Balaban J connectivity index is 2.12. The summed E-state index contributed by atoms with van der Waals surface area (Å²) in [6, 6.07) is 7.89. The van der Waals surface area contributed by atoms with Gasteiger partial charge >= 0.3 is 0 Å². The monoisotopic (exact) mass is 274 g/mol. The van der Waals surface area contributed by atoms with Gasteiger partial charge in [-0.3, -0.25) is 0 Å². The number of para-hydroxylation sites is 1. The highest BCUT2D eigenvalue weighted by Gasteiger charge is 2.09. The second-order valence-corrected chi connectivity index (χ2v) is 4.62. The Bertz CT molecular complexity index is 740. The van der Waals surface area contributed by atoms with Crippen LogP contribution in [0.2, 0.25) is 0 Å². The van der Waals surface area contributed by atoms with E-state index in [0.717, 1.165) is 22.3 Å². The standard InChI is InChI=1S/C14H14N2O2S/c1-2-18-12-5-3-4-11-13(12)15-14(19)16(11)8-10-6-7-17-9-10/h3-7,9H,2,8H2,1H3,(H,15,19). The molecule has 0 radical (unpaired) electrons. The van der Waals surface area contributed by atoms with Crippen LogP contribution in [0, 0.1) is 4.77 Å². The van der Waals surface area contributed by atoms with Gasteiger partial charge in [0.2, 0.25) is 0 Å². The summed E-state index contributed by atoms with van der Waals surface area (Å²) < 4.78 is 13.4. The highest BCUT2D eigenvalue weighted by molar-refractivity contribution is 7.71. The van der Waals surface area contributed by atoms with E-state index in [1.54, 1.807) is 12.5 Å². The van der Waals surface area contributed by atoms with Crippen LogP contribution in [-0.4, -0.2) is 16.2 Å². The molecule has 2 heterocycles. The van der Waals surface area contributed by atoms with Gasteiger partial charge in [0.25, 0.3) is 0 Å². The molecule has 0 bridgehead atoms. The van der Waals surface area contributed by atoms with Crippen LogP contribution in [0.1, 0.15) is 12.5 Å². The molecule has 0 fully saturated rings. The molecule has 5 heteroatoms. The zero-order valence-electron chi connectivity index (χ0n) is 10.6. The van der Waals surface area contributed by atoms with Gasteiger partial charge in [-0.15, -0.1) is 0 Å². The van der Waals surface area contributed by atoms with Gasteiger partial charge in [-0.1, -0.05) is 6.07 Å². The van der Waals surface area contributed by atoms with Gasteiger partial charge in [-0.2, -0.15) is 0 Å². The van der Waals surface area contributed by atoms with Gasteiger partial charge < -0.3 is 18.7 Å². The van der Waals surface area contributed by atoms with Crippen molar-refractivity contribution in [3.63, 3.8) is 0 Å². The second-order valence-electron chi connectivity index (χ2n) is 4.23. The molecule has 98 valence electrons. The average Bonchev–Trinajstić information content (AvgIpc) is 3.01. The maximum absolute atomic E-state index is 5.61. The molecule has 0 saturated heterocycles. The highest BCUT2D eigenvalue weighted by Crippen LogP contribution is 2.25. The van der Waals surface area contributed by atoms with E-state index >= 15 is 0 Å². The molecule has 19 heavy (non-hydrogen) atoms. The maximum atomic E-state index is 5.61. The van der Waals surface area contributed by atoms with Crippen LogP contribution in [0.3, 0.4) is 0 Å². The van der Waals surface area contributed by atoms with Crippen LogP contribution < -0.4 is 4.74 Å². The maximum Gasteiger partial charge on any atom is 0.178 e. The van der Waals surface area contributed by atoms with E-state index in [4.69, 9.17) is 21.4 Å². The van der Waals surface area contributed by atoms with Crippen LogP contribution in [0.4, 0.5) is 0 Å². The van der Waals surface area contributed by atoms with E-state index in [1.807, 2.05) is 35.8 Å². The number of rotatable bonds is 4. The Kier molecular flexibility index (Phi) is 3.13. The third-order valence-corrected chi connectivity index (χ3v) is 3.32. The number of furan rings is 1. The van der Waals surface area contributed by atoms with Crippen molar-refractivity contribution in [3.8, 4) is 5.75 Å². The minimum Gasteiger partial charge on any atom is -0.492 e. The fourth-order valence-corrected chi connectivity index (χ4v) is 2.42. The number of nitrogens with zero attached hydrogens (tertiary/aromatic N) is 1. The first-order valence-electron chi connectivity index (χ1n) is 6.15. The van der Waals surface area contributed by atoms with Crippen LogP contribution in [0.5, 0.6) is 5.75 Å². The van der Waals surface area contributed by atoms with Crippen molar-refractivity contribution in [2.45, 2.75) is 13.5 Å². The lowest BCUT2D eigenvalue weighted by molar-refractivity contribution is 0.343. The second kappa shape index (κ2) is 4.93. The number of hydrogen-bond acceptors (Lipinski definition) is 3. The Morgan fingerprint density at radius 1 is 1.37 bits per heavy atom. The average molecular weight is 274 g/mol. The van der Waals surface area contributed by atoms with Gasteiger partial charge in [0, 0.05) is 5.56 Å². The molecular weight excluding hydrogens is 260 g/mol. The van der Waals surface area contributed by atoms with Crippen LogP contribution >= 0.6 is 12.2 Å². The molecule has 0 aliphatic carbocycles. The third kappa shape index (κ3) is 2.17. The first-order valence-corrected chi connectivity index (χ1v) is 6.56. The fourth-order valence-electron chi connectivity index (χ4n) is 2.15. The topological polar surface area (TPSA) is 43.1 Å². The zero-order chi connectivity index (χ0) is 13.2. The summed E-state index contributed by atoms with van der Waals surface area (Å²) in [5, 5.41) is 0. The molecule has 0 spiro atoms. The number of hydrogen-bond donors (Lipinski definition) is 1. The first-order chi connectivity index (χ1) is 9.29. The predicted molar refractivity (Wildman–Crippen MR) is 76.1 cm³/mol. The molecule has 1 aromatic carbocycles. The predicted octanol–water partition coefficient (Wildman–Crippen LogP) is 3.74. The van der Waals surface area contributed by atoms with Crippen molar-refractivity contribution in [2.75, 3.05) is 6.61 Å². The summed E-state index contributed by atoms with van der Waals surface area (Å²) in [4.78, 5) is 3.22. The van der Waals surface area contributed by atoms with Gasteiger partial charge in [0.05, 0.1) is 31.2 Å². The molecule has 4 nitrogen and oxygen atoms in total. The quantitative estimate of drug-likeness (QED) is 0.737. The normalized spacial score (nSPS) is 11.0. The Morgan fingerprint density at radius 3 is 3.00 bits per heavy atom. The van der Waals surface area contributed by atoms with Gasteiger partial charge in [-0.05, 0) is 37.3 Å². The van der Waals surface area contributed by atoms with Crippen molar-refractivity contribution >= 4 is 23.3 Å². The number of aromatic amines is 1. The smallest absolute Gasteiger partial charge is 0.178 e. The zero-order valence-corrected chi connectivity index (χ0v) is 11.4. The number of nitrogens with one attached hydrogen (secondary N) is 1. The van der Waals surface area contributed by atoms with E-state index < -0.39 is 0 Å². The molecule has 0 aliphatic heterocycles. The van der Waals surface area contributed by atoms with Crippen LogP contribution in [-0.2, 0) is 6.54 Å². The molecule has 0 saturated carbocycles. The SMILES string of the molecule is CCOc1cccc2c1[nH]c(=S)n2Cc1ccoc1. The summed E-state index contributed by atoms with van der Waals surface area (Å²) in [5.74, 6) is 0.831. The van der Waals surface area contributed by atoms with Crippen molar-refractivity contribution < 1.29 is 9.15 Å². The fraction of sp³-hybridized carbons (Fsp3) is 0.214. The minimum atomic E-state index is 0.632. The van der Waals surface area contributed by atoms with Crippen LogP contribution in [0.15, 0.2) is 41.2 Å². The lowest BCUT2D eigenvalue weighted by Crippen LogP contribution is -1.98. The molecule has 2 aromatic heterocycles. The van der Waals surface area contributed by atoms with E-state index in [0.29, 0.717) is 17.9 Å². The molecular formula is C14H14N2O2S. The van der Waals surface area contributed by atoms with Gasteiger partial charge in [0.1, 0.15) is 11.3 Å². The van der Waals surface area contributed by atoms with E-state index in [-0.39, 0.29) is 0 Å². The Labute approximate surface area is 115 Å². The Morgan fingerprint density at radius 2 is 2.26 bits per heavy atom. The van der Waals surface area contributed by atoms with Crippen molar-refractivity contribution in [3.05, 3.63) is 47.1 Å².